The van der Waals surface area contributed by atoms with E-state index in [-0.39, 0.29) is 38.3 Å². The molecule has 1 heterocycles. The third kappa shape index (κ3) is 8.27. The largest absolute Gasteiger partial charge is 0.481 e. The van der Waals surface area contributed by atoms with Gasteiger partial charge in [0.05, 0.1) is 25.6 Å². The summed E-state index contributed by atoms with van der Waals surface area (Å²) in [4.78, 5) is 63.6. The maximum Gasteiger partial charge on any atom is 0.305 e. The van der Waals surface area contributed by atoms with E-state index < -0.39 is 77.5 Å². The number of carboxylic acids is 1. The number of ketones is 2. The molecule has 0 saturated carbocycles. The zero-order chi connectivity index (χ0) is 30.3. The predicted octanol–water partition coefficient (Wildman–Crippen LogP) is 2.26. The smallest absolute Gasteiger partial charge is 0.305 e. The van der Waals surface area contributed by atoms with Gasteiger partial charge in [-0.15, -0.1) is 0 Å². The standard InChI is InChI=1S/C27H26ClF3N2O8/c1-14-8-18(29)24(31)25(23(14)30)41-13-21(35)19(10-22(36)37)32-26(38)16-11-33(6-7-40-12-16)27(39)20(34)9-15-4-2-3-5-17(15)28/h2-5,8,16,19H,6-7,9-13H2,1H3,(H,32,38)(H,36,37)/t16-,19+/m1/s1. The van der Waals surface area contributed by atoms with E-state index in [1.54, 1.807) is 24.3 Å². The summed E-state index contributed by atoms with van der Waals surface area (Å²) in [7, 11) is 0. The zero-order valence-electron chi connectivity index (χ0n) is 21.8. The summed E-state index contributed by atoms with van der Waals surface area (Å²) in [6.07, 6.45) is -1.18. The van der Waals surface area contributed by atoms with Crippen molar-refractivity contribution in [2.45, 2.75) is 25.8 Å². The topological polar surface area (TPSA) is 139 Å². The minimum Gasteiger partial charge on any atom is -0.481 e. The second-order valence-electron chi connectivity index (χ2n) is 9.26. The first-order valence-corrected chi connectivity index (χ1v) is 12.7. The van der Waals surface area contributed by atoms with Gasteiger partial charge in [-0.2, -0.15) is 4.39 Å². The molecule has 41 heavy (non-hydrogen) atoms. The molecular weight excluding hydrogens is 573 g/mol. The van der Waals surface area contributed by atoms with Crippen molar-refractivity contribution in [3.63, 3.8) is 0 Å². The monoisotopic (exact) mass is 598 g/mol. The molecule has 1 aliphatic heterocycles. The van der Waals surface area contributed by atoms with Crippen LogP contribution in [0.4, 0.5) is 13.2 Å². The van der Waals surface area contributed by atoms with Crippen molar-refractivity contribution in [1.82, 2.24) is 10.2 Å². The summed E-state index contributed by atoms with van der Waals surface area (Å²) in [5.74, 6) is -11.7. The van der Waals surface area contributed by atoms with Crippen LogP contribution < -0.4 is 10.1 Å². The highest BCUT2D eigenvalue weighted by Crippen LogP contribution is 2.27. The predicted molar refractivity (Wildman–Crippen MR) is 137 cm³/mol. The zero-order valence-corrected chi connectivity index (χ0v) is 22.5. The van der Waals surface area contributed by atoms with Crippen LogP contribution in [0, 0.1) is 30.3 Å². The van der Waals surface area contributed by atoms with Crippen LogP contribution in [0.5, 0.6) is 5.75 Å². The van der Waals surface area contributed by atoms with Crippen molar-refractivity contribution in [2.24, 2.45) is 5.92 Å². The third-order valence-corrected chi connectivity index (χ3v) is 6.58. The third-order valence-electron chi connectivity index (χ3n) is 6.21. The maximum atomic E-state index is 14.2. The Balaban J connectivity index is 1.67. The molecule has 2 amide bonds. The molecule has 0 bridgehead atoms. The second kappa shape index (κ2) is 14.1. The molecule has 0 unspecified atom stereocenters. The molecule has 14 heteroatoms. The van der Waals surface area contributed by atoms with Crippen molar-refractivity contribution in [3.8, 4) is 5.75 Å². The number of Topliss-reactive ketones (excluding diaryl/α,β-unsaturated/α-hetero) is 2. The Kier molecular flexibility index (Phi) is 10.8. The van der Waals surface area contributed by atoms with Gasteiger partial charge in [-0.25, -0.2) is 8.78 Å². The fourth-order valence-electron chi connectivity index (χ4n) is 4.00. The molecule has 2 atom stereocenters. The van der Waals surface area contributed by atoms with E-state index in [4.69, 9.17) is 21.1 Å². The molecule has 1 saturated heterocycles. The first-order chi connectivity index (χ1) is 19.4. The van der Waals surface area contributed by atoms with Gasteiger partial charge in [0.25, 0.3) is 5.91 Å². The molecule has 2 N–H and O–H groups in total. The Hall–Kier alpha value is -3.97. The lowest BCUT2D eigenvalue weighted by molar-refractivity contribution is -0.145. The summed E-state index contributed by atoms with van der Waals surface area (Å²) < 4.78 is 52.1. The van der Waals surface area contributed by atoms with Gasteiger partial charge in [-0.1, -0.05) is 29.8 Å². The first-order valence-electron chi connectivity index (χ1n) is 12.3. The lowest BCUT2D eigenvalue weighted by Gasteiger charge is -2.24. The molecule has 0 aromatic heterocycles. The fraction of sp³-hybridized carbons (Fsp3) is 0.370. The average Bonchev–Trinajstić information content (AvgIpc) is 3.18. The number of ether oxygens (including phenoxy) is 2. The van der Waals surface area contributed by atoms with Crippen molar-refractivity contribution < 1.29 is 51.7 Å². The molecule has 2 aromatic carbocycles. The Bertz CT molecular complexity index is 1330. The number of aryl methyl sites for hydroxylation is 1. The molecule has 1 aliphatic rings. The van der Waals surface area contributed by atoms with Gasteiger partial charge in [0.1, 0.15) is 12.6 Å². The van der Waals surface area contributed by atoms with Gasteiger partial charge in [0.2, 0.25) is 17.5 Å². The van der Waals surface area contributed by atoms with Crippen molar-refractivity contribution in [1.29, 1.82) is 0 Å². The molecule has 10 nitrogen and oxygen atoms in total. The van der Waals surface area contributed by atoms with Crippen LogP contribution in [0.25, 0.3) is 0 Å². The fourth-order valence-corrected chi connectivity index (χ4v) is 4.20. The van der Waals surface area contributed by atoms with Crippen molar-refractivity contribution in [3.05, 3.63) is 63.9 Å². The number of carbonyl (C=O) groups excluding carboxylic acids is 4. The van der Waals surface area contributed by atoms with Gasteiger partial charge in [0.15, 0.2) is 23.2 Å². The molecule has 1 fully saturated rings. The molecule has 2 aromatic rings. The minimum atomic E-state index is -1.70. The highest BCUT2D eigenvalue weighted by Gasteiger charge is 2.33. The normalized spacial score (nSPS) is 15.9. The summed E-state index contributed by atoms with van der Waals surface area (Å²) >= 11 is 6.06. The van der Waals surface area contributed by atoms with E-state index in [0.717, 1.165) is 11.8 Å². The van der Waals surface area contributed by atoms with E-state index >= 15 is 0 Å². The maximum absolute atomic E-state index is 14.2. The number of hydrogen-bond donors (Lipinski definition) is 2. The number of carboxylic acid groups (broad SMARTS) is 1. The van der Waals surface area contributed by atoms with Crippen LogP contribution in [-0.2, 0) is 35.1 Å². The lowest BCUT2D eigenvalue weighted by atomic mass is 10.0. The van der Waals surface area contributed by atoms with E-state index in [1.165, 1.54) is 0 Å². The number of carbonyl (C=O) groups is 5. The van der Waals surface area contributed by atoms with Gasteiger partial charge in [-0.3, -0.25) is 24.0 Å². The highest BCUT2D eigenvalue weighted by molar-refractivity contribution is 6.37. The SMILES string of the molecule is Cc1cc(F)c(F)c(OCC(=O)[C@H](CC(=O)O)NC(=O)[C@H]2COCCN(C(=O)C(=O)Cc3ccccc3Cl)C2)c1F. The van der Waals surface area contributed by atoms with Crippen LogP contribution in [0.2, 0.25) is 5.02 Å². The molecule has 0 spiro atoms. The molecular formula is C27H26ClF3N2O8. The number of hydrogen-bond acceptors (Lipinski definition) is 7. The number of rotatable bonds is 11. The highest BCUT2D eigenvalue weighted by atomic mass is 35.5. The lowest BCUT2D eigenvalue weighted by Crippen LogP contribution is -2.50. The Morgan fingerprint density at radius 2 is 1.88 bits per heavy atom. The van der Waals surface area contributed by atoms with Crippen molar-refractivity contribution in [2.75, 3.05) is 32.9 Å². The molecule has 3 rings (SSSR count). The van der Waals surface area contributed by atoms with E-state index in [1.807, 2.05) is 0 Å². The molecule has 220 valence electrons. The summed E-state index contributed by atoms with van der Waals surface area (Å²) in [5, 5.41) is 11.8. The van der Waals surface area contributed by atoms with Gasteiger partial charge >= 0.3 is 5.97 Å². The van der Waals surface area contributed by atoms with Gasteiger partial charge in [-0.05, 0) is 30.2 Å². The second-order valence-corrected chi connectivity index (χ2v) is 9.67. The number of halogens is 4. The van der Waals surface area contributed by atoms with Crippen LogP contribution in [0.15, 0.2) is 30.3 Å². The average molecular weight is 599 g/mol. The first kappa shape index (κ1) is 31.6. The van der Waals surface area contributed by atoms with Crippen LogP contribution in [0.1, 0.15) is 17.5 Å². The quantitative estimate of drug-likeness (QED) is 0.297. The summed E-state index contributed by atoms with van der Waals surface area (Å²) in [6.45, 7) is -0.429. The van der Waals surface area contributed by atoms with E-state index in [9.17, 15) is 42.3 Å². The Morgan fingerprint density at radius 1 is 1.17 bits per heavy atom. The van der Waals surface area contributed by atoms with Gasteiger partial charge in [0, 0.05) is 24.5 Å². The number of benzene rings is 2. The number of aliphatic carboxylic acids is 1. The van der Waals surface area contributed by atoms with Crippen LogP contribution in [-0.4, -0.2) is 78.3 Å². The number of nitrogens with one attached hydrogen (secondary N) is 1. The number of nitrogens with zero attached hydrogens (tertiary/aromatic N) is 1. The molecule has 0 aliphatic carbocycles. The van der Waals surface area contributed by atoms with Crippen LogP contribution >= 0.6 is 11.6 Å². The number of amides is 2. The van der Waals surface area contributed by atoms with E-state index in [0.29, 0.717) is 16.7 Å². The minimum absolute atomic E-state index is 0.00436. The molecule has 0 radical (unpaired) electrons. The van der Waals surface area contributed by atoms with Crippen LogP contribution in [0.3, 0.4) is 0 Å². The Labute approximate surface area is 237 Å². The summed E-state index contributed by atoms with van der Waals surface area (Å²) in [6, 6.07) is 5.39. The van der Waals surface area contributed by atoms with Gasteiger partial charge < -0.3 is 24.8 Å². The Morgan fingerprint density at radius 3 is 2.56 bits per heavy atom. The summed E-state index contributed by atoms with van der Waals surface area (Å²) in [5.41, 5.74) is 0.151. The van der Waals surface area contributed by atoms with Crippen molar-refractivity contribution >= 4 is 41.0 Å². The van der Waals surface area contributed by atoms with E-state index in [2.05, 4.69) is 5.32 Å².